The molecule has 1 heterocycles. The van der Waals surface area contributed by atoms with Crippen LogP contribution in [-0.2, 0) is 11.2 Å². The highest BCUT2D eigenvalue weighted by Crippen LogP contribution is 2.19. The molecular weight excluding hydrogens is 285 g/mol. The summed E-state index contributed by atoms with van der Waals surface area (Å²) in [6.07, 6.45) is 2.03. The third-order valence-corrected chi connectivity index (χ3v) is 3.49. The number of benzene rings is 2. The molecule has 0 fully saturated rings. The SMILES string of the molecule is O=C(NO)C(Cc1ccccc1)n1cc2ccc(F)cc2n1. The summed E-state index contributed by atoms with van der Waals surface area (Å²) in [6, 6.07) is 12.9. The highest BCUT2D eigenvalue weighted by molar-refractivity contribution is 5.82. The van der Waals surface area contributed by atoms with Gasteiger partial charge in [-0.2, -0.15) is 5.10 Å². The lowest BCUT2D eigenvalue weighted by molar-refractivity contribution is -0.132. The largest absolute Gasteiger partial charge is 0.289 e. The molecule has 3 aromatic rings. The summed E-state index contributed by atoms with van der Waals surface area (Å²) in [4.78, 5) is 12.0. The van der Waals surface area contributed by atoms with Crippen LogP contribution < -0.4 is 5.48 Å². The van der Waals surface area contributed by atoms with Gasteiger partial charge < -0.3 is 0 Å². The van der Waals surface area contributed by atoms with Gasteiger partial charge in [0.2, 0.25) is 0 Å². The summed E-state index contributed by atoms with van der Waals surface area (Å²) in [6.45, 7) is 0. The second-order valence-electron chi connectivity index (χ2n) is 4.99. The Morgan fingerprint density at radius 2 is 2.05 bits per heavy atom. The molecule has 5 nitrogen and oxygen atoms in total. The van der Waals surface area contributed by atoms with E-state index in [9.17, 15) is 9.18 Å². The molecule has 1 amide bonds. The summed E-state index contributed by atoms with van der Waals surface area (Å²) < 4.78 is 14.7. The van der Waals surface area contributed by atoms with Gasteiger partial charge in [-0.15, -0.1) is 0 Å². The quantitative estimate of drug-likeness (QED) is 0.574. The molecule has 0 bridgehead atoms. The summed E-state index contributed by atoms with van der Waals surface area (Å²) in [7, 11) is 0. The first-order valence-corrected chi connectivity index (χ1v) is 6.79. The topological polar surface area (TPSA) is 67.2 Å². The molecule has 0 aliphatic rings. The normalized spacial score (nSPS) is 12.3. The van der Waals surface area contributed by atoms with Gasteiger partial charge in [0, 0.05) is 24.1 Å². The Kier molecular flexibility index (Phi) is 3.84. The van der Waals surface area contributed by atoms with Crippen LogP contribution in [0.5, 0.6) is 0 Å². The molecule has 0 radical (unpaired) electrons. The maximum atomic E-state index is 13.3. The van der Waals surface area contributed by atoms with Gasteiger partial charge in [0.25, 0.3) is 5.91 Å². The Morgan fingerprint density at radius 3 is 2.77 bits per heavy atom. The second kappa shape index (κ2) is 5.95. The monoisotopic (exact) mass is 299 g/mol. The summed E-state index contributed by atoms with van der Waals surface area (Å²) in [5.74, 6) is -0.957. The van der Waals surface area contributed by atoms with Gasteiger partial charge >= 0.3 is 0 Å². The van der Waals surface area contributed by atoms with Gasteiger partial charge in [0.1, 0.15) is 11.9 Å². The molecule has 0 aliphatic carbocycles. The standard InChI is InChI=1S/C16H14FN3O2/c17-13-7-6-12-10-20(18-14(12)9-13)15(16(21)19-22)8-11-4-2-1-3-5-11/h1-7,9-10,15,22H,8H2,(H,19,21). The number of hydrogen-bond donors (Lipinski definition) is 2. The van der Waals surface area contributed by atoms with Crippen LogP contribution in [0.15, 0.2) is 54.7 Å². The van der Waals surface area contributed by atoms with E-state index in [1.54, 1.807) is 17.7 Å². The van der Waals surface area contributed by atoms with Crippen LogP contribution in [0.1, 0.15) is 11.6 Å². The number of hydroxylamine groups is 1. The number of carbonyl (C=O) groups is 1. The van der Waals surface area contributed by atoms with Crippen LogP contribution in [0.4, 0.5) is 4.39 Å². The number of aromatic nitrogens is 2. The van der Waals surface area contributed by atoms with E-state index in [4.69, 9.17) is 5.21 Å². The molecule has 22 heavy (non-hydrogen) atoms. The molecule has 112 valence electrons. The summed E-state index contributed by atoms with van der Waals surface area (Å²) in [5, 5.41) is 13.9. The third-order valence-electron chi connectivity index (χ3n) is 3.49. The van der Waals surface area contributed by atoms with Crippen molar-refractivity contribution < 1.29 is 14.4 Å². The number of amides is 1. The molecular formula is C16H14FN3O2. The number of carbonyl (C=O) groups excluding carboxylic acids is 1. The molecule has 0 saturated heterocycles. The van der Waals surface area contributed by atoms with Gasteiger partial charge in [-0.1, -0.05) is 30.3 Å². The van der Waals surface area contributed by atoms with Gasteiger partial charge in [-0.05, 0) is 17.7 Å². The zero-order chi connectivity index (χ0) is 15.5. The minimum atomic E-state index is -0.720. The smallest absolute Gasteiger partial charge is 0.268 e. The summed E-state index contributed by atoms with van der Waals surface area (Å²) in [5.41, 5.74) is 3.06. The molecule has 2 N–H and O–H groups in total. The average molecular weight is 299 g/mol. The van der Waals surface area contributed by atoms with Gasteiger partial charge in [0.05, 0.1) is 5.52 Å². The van der Waals surface area contributed by atoms with Crippen LogP contribution >= 0.6 is 0 Å². The molecule has 1 unspecified atom stereocenters. The van der Waals surface area contributed by atoms with Gasteiger partial charge in [0.15, 0.2) is 0 Å². The van der Waals surface area contributed by atoms with Crippen molar-refractivity contribution in [3.63, 3.8) is 0 Å². The Morgan fingerprint density at radius 1 is 1.27 bits per heavy atom. The van der Waals surface area contributed by atoms with E-state index < -0.39 is 11.9 Å². The third kappa shape index (κ3) is 2.82. The Labute approximate surface area is 125 Å². The van der Waals surface area contributed by atoms with Crippen molar-refractivity contribution in [2.24, 2.45) is 0 Å². The number of nitrogens with one attached hydrogen (secondary N) is 1. The first-order chi connectivity index (χ1) is 10.7. The average Bonchev–Trinajstić information content (AvgIpc) is 2.95. The minimum Gasteiger partial charge on any atom is -0.289 e. The number of nitrogens with zero attached hydrogens (tertiary/aromatic N) is 2. The zero-order valence-corrected chi connectivity index (χ0v) is 11.6. The van der Waals surface area contributed by atoms with E-state index in [2.05, 4.69) is 5.10 Å². The van der Waals surface area contributed by atoms with Gasteiger partial charge in [-0.3, -0.25) is 14.7 Å². The van der Waals surface area contributed by atoms with Crippen LogP contribution in [0, 0.1) is 5.82 Å². The lowest BCUT2D eigenvalue weighted by atomic mass is 10.1. The van der Waals surface area contributed by atoms with E-state index in [0.717, 1.165) is 10.9 Å². The molecule has 2 aromatic carbocycles. The van der Waals surface area contributed by atoms with E-state index >= 15 is 0 Å². The molecule has 6 heteroatoms. The minimum absolute atomic E-state index is 0.365. The fraction of sp³-hybridized carbons (Fsp3) is 0.125. The Bertz CT molecular complexity index is 802. The number of rotatable bonds is 4. The Balaban J connectivity index is 1.98. The predicted octanol–water partition coefficient (Wildman–Crippen LogP) is 2.46. The second-order valence-corrected chi connectivity index (χ2v) is 4.99. The number of halogens is 1. The molecule has 3 rings (SSSR count). The fourth-order valence-corrected chi connectivity index (χ4v) is 2.39. The Hall–Kier alpha value is -2.73. The molecule has 1 atom stereocenters. The van der Waals surface area contributed by atoms with Crippen molar-refractivity contribution in [3.05, 3.63) is 66.1 Å². The first-order valence-electron chi connectivity index (χ1n) is 6.79. The van der Waals surface area contributed by atoms with Crippen LogP contribution in [-0.4, -0.2) is 20.9 Å². The number of hydrogen-bond acceptors (Lipinski definition) is 3. The van der Waals surface area contributed by atoms with Crippen LogP contribution in [0.2, 0.25) is 0 Å². The molecule has 0 spiro atoms. The van der Waals surface area contributed by atoms with Crippen molar-refractivity contribution in [2.75, 3.05) is 0 Å². The van der Waals surface area contributed by atoms with Crippen LogP contribution in [0.25, 0.3) is 10.9 Å². The zero-order valence-electron chi connectivity index (χ0n) is 11.6. The van der Waals surface area contributed by atoms with Crippen LogP contribution in [0.3, 0.4) is 0 Å². The van der Waals surface area contributed by atoms with E-state index in [1.165, 1.54) is 16.8 Å². The van der Waals surface area contributed by atoms with E-state index in [1.807, 2.05) is 30.3 Å². The van der Waals surface area contributed by atoms with Crippen molar-refractivity contribution in [2.45, 2.75) is 12.5 Å². The first kappa shape index (κ1) is 14.2. The van der Waals surface area contributed by atoms with Crippen molar-refractivity contribution in [1.82, 2.24) is 15.3 Å². The van der Waals surface area contributed by atoms with E-state index in [-0.39, 0.29) is 5.82 Å². The maximum Gasteiger partial charge on any atom is 0.268 e. The van der Waals surface area contributed by atoms with Crippen molar-refractivity contribution >= 4 is 16.8 Å². The van der Waals surface area contributed by atoms with E-state index in [0.29, 0.717) is 11.9 Å². The predicted molar refractivity (Wildman–Crippen MR) is 78.8 cm³/mol. The lowest BCUT2D eigenvalue weighted by Crippen LogP contribution is -2.32. The maximum absolute atomic E-state index is 13.3. The summed E-state index contributed by atoms with van der Waals surface area (Å²) >= 11 is 0. The fourth-order valence-electron chi connectivity index (χ4n) is 2.39. The van der Waals surface area contributed by atoms with Gasteiger partial charge in [-0.25, -0.2) is 9.87 Å². The molecule has 0 saturated carbocycles. The highest BCUT2D eigenvalue weighted by atomic mass is 19.1. The molecule has 1 aromatic heterocycles. The van der Waals surface area contributed by atoms with Crippen molar-refractivity contribution in [1.29, 1.82) is 0 Å². The number of fused-ring (bicyclic) bond motifs is 1. The molecule has 0 aliphatic heterocycles. The van der Waals surface area contributed by atoms with Crippen molar-refractivity contribution in [3.8, 4) is 0 Å². The highest BCUT2D eigenvalue weighted by Gasteiger charge is 2.22. The lowest BCUT2D eigenvalue weighted by Gasteiger charge is -2.15.